The summed E-state index contributed by atoms with van der Waals surface area (Å²) in [6.07, 6.45) is 0. The van der Waals surface area contributed by atoms with E-state index in [0.29, 0.717) is 12.4 Å². The van der Waals surface area contributed by atoms with Crippen LogP contribution in [0.15, 0.2) is 29.0 Å². The second-order valence-corrected chi connectivity index (χ2v) is 5.33. The van der Waals surface area contributed by atoms with E-state index >= 15 is 0 Å². The molecule has 0 spiro atoms. The minimum Gasteiger partial charge on any atom is -0.348 e. The average molecular weight is 260 g/mol. The second-order valence-electron chi connectivity index (χ2n) is 4.59. The molecule has 2 nitrogen and oxygen atoms in total. The van der Waals surface area contributed by atoms with Crippen LogP contribution in [0.3, 0.4) is 0 Å². The largest absolute Gasteiger partial charge is 0.348 e. The van der Waals surface area contributed by atoms with E-state index in [1.165, 1.54) is 23.3 Å². The van der Waals surface area contributed by atoms with Crippen LogP contribution in [0.5, 0.6) is 0 Å². The number of thiophene rings is 1. The van der Waals surface area contributed by atoms with E-state index < -0.39 is 0 Å². The number of amidine groups is 1. The third kappa shape index (κ3) is 1.82. The van der Waals surface area contributed by atoms with E-state index in [0.717, 1.165) is 17.7 Å². The Morgan fingerprint density at radius 2 is 2.22 bits per heavy atom. The fraction of sp³-hybridized carbons (Fsp3) is 0.214. The maximum atomic E-state index is 13.2. The van der Waals surface area contributed by atoms with E-state index in [9.17, 15) is 4.39 Å². The first-order valence-corrected chi connectivity index (χ1v) is 6.73. The zero-order valence-electron chi connectivity index (χ0n) is 10.0. The van der Waals surface area contributed by atoms with Gasteiger partial charge >= 0.3 is 0 Å². The quantitative estimate of drug-likeness (QED) is 0.878. The summed E-state index contributed by atoms with van der Waals surface area (Å²) in [4.78, 5) is 1.99. The predicted molar refractivity (Wildman–Crippen MR) is 71.5 cm³/mol. The van der Waals surface area contributed by atoms with Crippen molar-refractivity contribution < 1.29 is 4.39 Å². The van der Waals surface area contributed by atoms with Gasteiger partial charge in [-0.1, -0.05) is 6.07 Å². The van der Waals surface area contributed by atoms with Gasteiger partial charge in [-0.15, -0.1) is 0 Å². The fourth-order valence-electron chi connectivity index (χ4n) is 2.25. The van der Waals surface area contributed by atoms with Crippen molar-refractivity contribution in [3.05, 3.63) is 57.0 Å². The Balaban J connectivity index is 1.87. The molecule has 1 aliphatic heterocycles. The summed E-state index contributed by atoms with van der Waals surface area (Å²) < 4.78 is 13.2. The third-order valence-corrected chi connectivity index (χ3v) is 4.24. The smallest absolute Gasteiger partial charge is 0.129 e. The molecule has 0 radical (unpaired) electrons. The molecule has 0 aliphatic carbocycles. The number of rotatable bonds is 2. The summed E-state index contributed by atoms with van der Waals surface area (Å²) in [7, 11) is 0. The van der Waals surface area contributed by atoms with E-state index in [4.69, 9.17) is 5.41 Å². The molecular weight excluding hydrogens is 247 g/mol. The molecule has 2 heterocycles. The number of halogens is 1. The number of hydrogen-bond donors (Lipinski definition) is 1. The molecule has 0 saturated carbocycles. The van der Waals surface area contributed by atoms with Crippen molar-refractivity contribution in [2.75, 3.05) is 0 Å². The first-order valence-electron chi connectivity index (χ1n) is 5.79. The number of hydrogen-bond acceptors (Lipinski definition) is 2. The van der Waals surface area contributed by atoms with Gasteiger partial charge < -0.3 is 4.90 Å². The summed E-state index contributed by atoms with van der Waals surface area (Å²) in [6, 6.07) is 4.70. The topological polar surface area (TPSA) is 27.1 Å². The lowest BCUT2D eigenvalue weighted by Crippen LogP contribution is -2.23. The lowest BCUT2D eigenvalue weighted by Gasteiger charge is -2.17. The molecule has 2 aromatic rings. The number of nitrogens with zero attached hydrogens (tertiary/aromatic N) is 1. The molecule has 3 rings (SSSR count). The van der Waals surface area contributed by atoms with Gasteiger partial charge in [0, 0.05) is 18.7 Å². The molecule has 1 aliphatic rings. The highest BCUT2D eigenvalue weighted by Gasteiger charge is 2.24. The first-order chi connectivity index (χ1) is 8.65. The molecule has 1 aromatic carbocycles. The lowest BCUT2D eigenvalue weighted by atomic mass is 10.1. The van der Waals surface area contributed by atoms with Gasteiger partial charge in [0.15, 0.2) is 0 Å². The van der Waals surface area contributed by atoms with Crippen molar-refractivity contribution in [2.24, 2.45) is 0 Å². The normalized spacial score (nSPS) is 14.1. The molecule has 0 amide bonds. The Hall–Kier alpha value is -1.68. The van der Waals surface area contributed by atoms with Gasteiger partial charge in [-0.3, -0.25) is 5.41 Å². The summed E-state index contributed by atoms with van der Waals surface area (Å²) in [5.41, 5.74) is 4.27. The minimum absolute atomic E-state index is 0.271. The van der Waals surface area contributed by atoms with Crippen LogP contribution in [0.25, 0.3) is 0 Å². The third-order valence-electron chi connectivity index (χ3n) is 3.33. The molecule has 1 N–H and O–H groups in total. The molecule has 0 atom stereocenters. The molecule has 0 saturated heterocycles. The molecule has 0 unspecified atom stereocenters. The van der Waals surface area contributed by atoms with E-state index in [1.807, 2.05) is 4.90 Å². The fourth-order valence-corrected chi connectivity index (χ4v) is 3.10. The van der Waals surface area contributed by atoms with Crippen LogP contribution in [0.4, 0.5) is 4.39 Å². The van der Waals surface area contributed by atoms with Gasteiger partial charge in [0.25, 0.3) is 0 Å². The number of nitrogens with one attached hydrogen (secondary N) is 1. The standard InChI is InChI=1S/C14H13FN2S/c1-9-7-18-8-11(9)6-17-5-10-2-3-12(15)4-13(10)14(17)16/h2-4,7-8,16H,5-6H2,1H3. The maximum Gasteiger partial charge on any atom is 0.129 e. The molecule has 4 heteroatoms. The van der Waals surface area contributed by atoms with Crippen LogP contribution >= 0.6 is 11.3 Å². The maximum absolute atomic E-state index is 13.2. The predicted octanol–water partition coefficient (Wildman–Crippen LogP) is 3.54. The van der Waals surface area contributed by atoms with Gasteiger partial charge in [-0.05, 0) is 46.5 Å². The van der Waals surface area contributed by atoms with Crippen molar-refractivity contribution in [3.8, 4) is 0 Å². The highest BCUT2D eigenvalue weighted by molar-refractivity contribution is 7.08. The molecule has 0 bridgehead atoms. The summed E-state index contributed by atoms with van der Waals surface area (Å²) in [5.74, 6) is 0.155. The number of fused-ring (bicyclic) bond motifs is 1. The monoisotopic (exact) mass is 260 g/mol. The van der Waals surface area contributed by atoms with Crippen molar-refractivity contribution in [1.82, 2.24) is 4.90 Å². The van der Waals surface area contributed by atoms with E-state index in [-0.39, 0.29) is 5.82 Å². The van der Waals surface area contributed by atoms with Crippen molar-refractivity contribution >= 4 is 17.2 Å². The summed E-state index contributed by atoms with van der Waals surface area (Å²) >= 11 is 1.68. The van der Waals surface area contributed by atoms with Crippen LogP contribution in [0.1, 0.15) is 22.3 Å². The van der Waals surface area contributed by atoms with Crippen LogP contribution in [-0.2, 0) is 13.1 Å². The second kappa shape index (κ2) is 4.21. The van der Waals surface area contributed by atoms with Gasteiger partial charge in [0.05, 0.1) is 0 Å². The number of benzene rings is 1. The Labute approximate surface area is 109 Å². The Morgan fingerprint density at radius 1 is 1.39 bits per heavy atom. The van der Waals surface area contributed by atoms with Crippen LogP contribution in [0, 0.1) is 18.2 Å². The molecular formula is C14H13FN2S. The minimum atomic E-state index is -0.271. The summed E-state index contributed by atoms with van der Waals surface area (Å²) in [5, 5.41) is 12.4. The van der Waals surface area contributed by atoms with Gasteiger partial charge in [0.2, 0.25) is 0 Å². The van der Waals surface area contributed by atoms with Crippen LogP contribution in [-0.4, -0.2) is 10.7 Å². The SMILES string of the molecule is Cc1cscc1CN1Cc2ccc(F)cc2C1=N. The lowest BCUT2D eigenvalue weighted by molar-refractivity contribution is 0.422. The molecule has 18 heavy (non-hydrogen) atoms. The Kier molecular flexibility index (Phi) is 2.67. The van der Waals surface area contributed by atoms with E-state index in [2.05, 4.69) is 17.7 Å². The molecule has 92 valence electrons. The Morgan fingerprint density at radius 3 is 2.94 bits per heavy atom. The first kappa shape index (κ1) is 11.4. The van der Waals surface area contributed by atoms with Crippen molar-refractivity contribution in [2.45, 2.75) is 20.0 Å². The number of aryl methyl sites for hydroxylation is 1. The van der Waals surface area contributed by atoms with Crippen molar-refractivity contribution in [3.63, 3.8) is 0 Å². The van der Waals surface area contributed by atoms with Crippen LogP contribution < -0.4 is 0 Å². The van der Waals surface area contributed by atoms with Gasteiger partial charge in [-0.25, -0.2) is 4.39 Å². The highest BCUT2D eigenvalue weighted by Crippen LogP contribution is 2.26. The van der Waals surface area contributed by atoms with Gasteiger partial charge in [0.1, 0.15) is 11.7 Å². The highest BCUT2D eigenvalue weighted by atomic mass is 32.1. The molecule has 0 fully saturated rings. The average Bonchev–Trinajstić information content (AvgIpc) is 2.87. The summed E-state index contributed by atoms with van der Waals surface area (Å²) in [6.45, 7) is 3.51. The molecule has 1 aromatic heterocycles. The Bertz CT molecular complexity index is 618. The zero-order chi connectivity index (χ0) is 12.7. The van der Waals surface area contributed by atoms with E-state index in [1.54, 1.807) is 17.4 Å². The van der Waals surface area contributed by atoms with Crippen LogP contribution in [0.2, 0.25) is 0 Å². The van der Waals surface area contributed by atoms with Gasteiger partial charge in [-0.2, -0.15) is 11.3 Å². The zero-order valence-corrected chi connectivity index (χ0v) is 10.9. The van der Waals surface area contributed by atoms with Crippen molar-refractivity contribution in [1.29, 1.82) is 5.41 Å².